The van der Waals surface area contributed by atoms with Crippen molar-refractivity contribution >= 4 is 23.4 Å². The van der Waals surface area contributed by atoms with E-state index in [1.165, 1.54) is 0 Å². The molecule has 2 rings (SSSR count). The van der Waals surface area contributed by atoms with E-state index >= 15 is 0 Å². The van der Waals surface area contributed by atoms with Gasteiger partial charge >= 0.3 is 0 Å². The highest BCUT2D eigenvalue weighted by Crippen LogP contribution is 2.35. The molecule has 0 fully saturated rings. The third-order valence-corrected chi connectivity index (χ3v) is 3.95. The highest BCUT2D eigenvalue weighted by molar-refractivity contribution is 8.00. The molecule has 16 heavy (non-hydrogen) atoms. The molecule has 0 aromatic heterocycles. The third-order valence-electron chi connectivity index (χ3n) is 2.28. The van der Waals surface area contributed by atoms with Gasteiger partial charge in [0, 0.05) is 17.9 Å². The van der Waals surface area contributed by atoms with Crippen LogP contribution in [0.5, 0.6) is 5.75 Å². The fraction of sp³-hybridized carbons (Fsp3) is 0.455. The van der Waals surface area contributed by atoms with E-state index in [1.54, 1.807) is 11.8 Å². The maximum atomic E-state index is 6.25. The van der Waals surface area contributed by atoms with Gasteiger partial charge < -0.3 is 15.2 Å². The second kappa shape index (κ2) is 5.77. The van der Waals surface area contributed by atoms with Crippen molar-refractivity contribution in [2.24, 2.45) is 5.73 Å². The molecule has 0 radical (unpaired) electrons. The van der Waals surface area contributed by atoms with Crippen LogP contribution in [0, 0.1) is 0 Å². The van der Waals surface area contributed by atoms with Crippen molar-refractivity contribution in [1.29, 1.82) is 0 Å². The Morgan fingerprint density at radius 2 is 2.38 bits per heavy atom. The van der Waals surface area contributed by atoms with Crippen LogP contribution in [0.4, 0.5) is 0 Å². The number of fused-ring (bicyclic) bond motifs is 1. The van der Waals surface area contributed by atoms with Gasteiger partial charge in [0.25, 0.3) is 0 Å². The Balaban J connectivity index is 2.10. The second-order valence-electron chi connectivity index (χ2n) is 3.45. The molecule has 1 heterocycles. The molecule has 0 spiro atoms. The largest absolute Gasteiger partial charge is 0.467 e. The average Bonchev–Trinajstić information content (AvgIpc) is 2.35. The minimum Gasteiger partial charge on any atom is -0.467 e. The van der Waals surface area contributed by atoms with Crippen LogP contribution >= 0.6 is 23.4 Å². The average molecular weight is 260 g/mol. The molecule has 0 aliphatic carbocycles. The Morgan fingerprint density at radius 1 is 1.50 bits per heavy atom. The van der Waals surface area contributed by atoms with Gasteiger partial charge in [-0.1, -0.05) is 6.07 Å². The number of rotatable bonds is 4. The molecular weight excluding hydrogens is 246 g/mol. The van der Waals surface area contributed by atoms with Gasteiger partial charge in [-0.2, -0.15) is 0 Å². The summed E-state index contributed by atoms with van der Waals surface area (Å²) in [5, 5.41) is 0. The normalized spacial score (nSPS) is 16.4. The zero-order valence-corrected chi connectivity index (χ0v) is 10.4. The Bertz CT molecular complexity index is 362. The minimum absolute atomic E-state index is 0.0595. The van der Waals surface area contributed by atoms with Gasteiger partial charge in [-0.05, 0) is 17.7 Å². The first-order valence-electron chi connectivity index (χ1n) is 5.10. The molecule has 0 bridgehead atoms. The highest BCUT2D eigenvalue weighted by atomic mass is 35.5. The quantitative estimate of drug-likeness (QED) is 0.844. The van der Waals surface area contributed by atoms with Crippen molar-refractivity contribution < 1.29 is 9.47 Å². The molecule has 1 atom stereocenters. The summed E-state index contributed by atoms with van der Waals surface area (Å²) in [6.07, 6.45) is 0. The van der Waals surface area contributed by atoms with E-state index in [4.69, 9.17) is 26.8 Å². The molecule has 3 nitrogen and oxygen atoms in total. The Labute approximate surface area is 104 Å². The first-order chi connectivity index (χ1) is 7.81. The van der Waals surface area contributed by atoms with Crippen LogP contribution < -0.4 is 10.5 Å². The van der Waals surface area contributed by atoms with Crippen LogP contribution in [-0.2, 0) is 11.3 Å². The fourth-order valence-corrected chi connectivity index (χ4v) is 2.60. The number of hydrogen-bond donors (Lipinski definition) is 1. The molecule has 1 unspecified atom stereocenters. The van der Waals surface area contributed by atoms with Crippen LogP contribution in [-0.4, -0.2) is 19.1 Å². The number of hydrogen-bond acceptors (Lipinski definition) is 4. The SMILES string of the molecule is NCCSC(Cl)c1ccc2c(c1)COCO2. The third kappa shape index (κ3) is 2.83. The van der Waals surface area contributed by atoms with E-state index in [2.05, 4.69) is 0 Å². The molecule has 0 saturated carbocycles. The number of nitrogens with two attached hydrogens (primary N) is 1. The lowest BCUT2D eigenvalue weighted by atomic mass is 10.1. The van der Waals surface area contributed by atoms with E-state index in [1.807, 2.05) is 18.2 Å². The van der Waals surface area contributed by atoms with Crippen LogP contribution in [0.15, 0.2) is 18.2 Å². The van der Waals surface area contributed by atoms with Crippen molar-refractivity contribution in [3.05, 3.63) is 29.3 Å². The summed E-state index contributed by atoms with van der Waals surface area (Å²) in [5.74, 6) is 1.75. The predicted molar refractivity (Wildman–Crippen MR) is 66.8 cm³/mol. The predicted octanol–water partition coefficient (Wildman–Crippen LogP) is 2.48. The maximum absolute atomic E-state index is 6.25. The number of thioether (sulfide) groups is 1. The number of ether oxygens (including phenoxy) is 2. The first-order valence-corrected chi connectivity index (χ1v) is 6.59. The standard InChI is InChI=1S/C11H14ClNO2S/c12-11(16-4-3-13)8-1-2-10-9(5-8)6-14-7-15-10/h1-2,5,11H,3-4,6-7,13H2. The molecule has 5 heteroatoms. The summed E-state index contributed by atoms with van der Waals surface area (Å²) in [7, 11) is 0. The van der Waals surface area contributed by atoms with Crippen molar-refractivity contribution in [3.63, 3.8) is 0 Å². The van der Waals surface area contributed by atoms with Gasteiger partial charge in [0.05, 0.1) is 6.61 Å². The van der Waals surface area contributed by atoms with Crippen molar-refractivity contribution in [2.45, 2.75) is 11.3 Å². The molecule has 2 N–H and O–H groups in total. The lowest BCUT2D eigenvalue weighted by molar-refractivity contribution is -0.0164. The molecule has 1 aliphatic heterocycles. The summed E-state index contributed by atoms with van der Waals surface area (Å²) >= 11 is 7.89. The van der Waals surface area contributed by atoms with Crippen LogP contribution in [0.3, 0.4) is 0 Å². The zero-order valence-electron chi connectivity index (χ0n) is 8.82. The number of benzene rings is 1. The van der Waals surface area contributed by atoms with Crippen molar-refractivity contribution in [1.82, 2.24) is 0 Å². The molecule has 0 amide bonds. The summed E-state index contributed by atoms with van der Waals surface area (Å²) in [6.45, 7) is 1.57. The number of alkyl halides is 1. The van der Waals surface area contributed by atoms with Crippen LogP contribution in [0.1, 0.15) is 15.8 Å². The lowest BCUT2D eigenvalue weighted by Gasteiger charge is -2.19. The summed E-state index contributed by atoms with van der Waals surface area (Å²) < 4.78 is 10.5. The number of halogens is 1. The molecule has 1 aliphatic rings. The van der Waals surface area contributed by atoms with E-state index in [0.717, 1.165) is 22.6 Å². The molecule has 1 aromatic rings. The van der Waals surface area contributed by atoms with E-state index < -0.39 is 0 Å². The van der Waals surface area contributed by atoms with E-state index in [-0.39, 0.29) is 4.71 Å². The van der Waals surface area contributed by atoms with E-state index in [9.17, 15) is 0 Å². The maximum Gasteiger partial charge on any atom is 0.189 e. The van der Waals surface area contributed by atoms with Crippen molar-refractivity contribution in [2.75, 3.05) is 19.1 Å². The molecule has 88 valence electrons. The Morgan fingerprint density at radius 3 is 3.19 bits per heavy atom. The summed E-state index contributed by atoms with van der Waals surface area (Å²) in [6, 6.07) is 5.98. The van der Waals surface area contributed by atoms with Gasteiger partial charge in [-0.3, -0.25) is 0 Å². The zero-order chi connectivity index (χ0) is 11.4. The minimum atomic E-state index is -0.0595. The fourth-order valence-electron chi connectivity index (χ4n) is 1.52. The van der Waals surface area contributed by atoms with Crippen LogP contribution in [0.25, 0.3) is 0 Å². The second-order valence-corrected chi connectivity index (χ2v) is 5.36. The van der Waals surface area contributed by atoms with Gasteiger partial charge in [-0.15, -0.1) is 23.4 Å². The topological polar surface area (TPSA) is 44.5 Å². The Kier molecular flexibility index (Phi) is 4.35. The van der Waals surface area contributed by atoms with Crippen LogP contribution in [0.2, 0.25) is 0 Å². The molecular formula is C11H14ClNO2S. The van der Waals surface area contributed by atoms with Crippen molar-refractivity contribution in [3.8, 4) is 5.75 Å². The lowest BCUT2D eigenvalue weighted by Crippen LogP contribution is -2.11. The van der Waals surface area contributed by atoms with Gasteiger partial charge in [0.1, 0.15) is 10.5 Å². The van der Waals surface area contributed by atoms with Gasteiger partial charge in [0.15, 0.2) is 6.79 Å². The summed E-state index contributed by atoms with van der Waals surface area (Å²) in [5.41, 5.74) is 7.58. The van der Waals surface area contributed by atoms with E-state index in [0.29, 0.717) is 19.9 Å². The summed E-state index contributed by atoms with van der Waals surface area (Å²) in [4.78, 5) is 0. The smallest absolute Gasteiger partial charge is 0.189 e. The Hall–Kier alpha value is -0.420. The molecule has 0 saturated heterocycles. The van der Waals surface area contributed by atoms with Gasteiger partial charge in [-0.25, -0.2) is 0 Å². The van der Waals surface area contributed by atoms with Gasteiger partial charge in [0.2, 0.25) is 0 Å². The molecule has 1 aromatic carbocycles. The monoisotopic (exact) mass is 259 g/mol. The first kappa shape index (κ1) is 12.0. The highest BCUT2D eigenvalue weighted by Gasteiger charge is 2.14.